The van der Waals surface area contributed by atoms with E-state index in [2.05, 4.69) is 29.2 Å². The third-order valence-corrected chi connectivity index (χ3v) is 3.98. The van der Waals surface area contributed by atoms with Crippen LogP contribution in [0.2, 0.25) is 5.02 Å². The normalized spacial score (nSPS) is 10.8. The topological polar surface area (TPSA) is 59.4 Å². The molecule has 24 heavy (non-hydrogen) atoms. The molecule has 1 N–H and O–H groups in total. The summed E-state index contributed by atoms with van der Waals surface area (Å²) in [6.07, 6.45) is 1.59. The molecule has 0 aliphatic carbocycles. The smallest absolute Gasteiger partial charge is 0.269 e. The average molecular weight is 351 g/mol. The van der Waals surface area contributed by atoms with Gasteiger partial charge in [-0.15, -0.1) is 0 Å². The summed E-state index contributed by atoms with van der Waals surface area (Å²) in [4.78, 5) is 14.5. The molecule has 0 saturated heterocycles. The molecular formula is C17H23ClN4O2. The van der Waals surface area contributed by atoms with Gasteiger partial charge in [-0.2, -0.15) is 5.10 Å². The molecule has 0 unspecified atom stereocenters. The van der Waals surface area contributed by atoms with E-state index in [9.17, 15) is 4.79 Å². The third-order valence-electron chi connectivity index (χ3n) is 3.72. The second kappa shape index (κ2) is 9.30. The Labute approximate surface area is 147 Å². The predicted molar refractivity (Wildman–Crippen MR) is 94.4 cm³/mol. The minimum atomic E-state index is -0.153. The van der Waals surface area contributed by atoms with Crippen molar-refractivity contribution in [2.24, 2.45) is 0 Å². The number of nitrogens with zero attached hydrogens (tertiary/aromatic N) is 3. The maximum atomic E-state index is 12.3. The van der Waals surface area contributed by atoms with Crippen molar-refractivity contribution in [2.45, 2.75) is 20.6 Å². The summed E-state index contributed by atoms with van der Waals surface area (Å²) in [6.45, 7) is 7.74. The highest BCUT2D eigenvalue weighted by Crippen LogP contribution is 2.16. The number of carbonyl (C=O) groups excluding carboxylic acids is 1. The molecule has 7 heteroatoms. The zero-order valence-corrected chi connectivity index (χ0v) is 14.8. The van der Waals surface area contributed by atoms with Crippen LogP contribution in [0.1, 0.15) is 24.3 Å². The van der Waals surface area contributed by atoms with Crippen LogP contribution in [0, 0.1) is 0 Å². The second-order valence-electron chi connectivity index (χ2n) is 5.23. The van der Waals surface area contributed by atoms with Crippen LogP contribution >= 0.6 is 11.6 Å². The summed E-state index contributed by atoms with van der Waals surface area (Å²) in [7, 11) is 0. The van der Waals surface area contributed by atoms with Gasteiger partial charge in [0.15, 0.2) is 6.73 Å². The highest BCUT2D eigenvalue weighted by Gasteiger charge is 2.12. The fourth-order valence-electron chi connectivity index (χ4n) is 2.25. The van der Waals surface area contributed by atoms with Gasteiger partial charge in [0, 0.05) is 24.3 Å². The van der Waals surface area contributed by atoms with Crippen LogP contribution in [0.4, 0.5) is 0 Å². The van der Waals surface area contributed by atoms with Gasteiger partial charge in [-0.3, -0.25) is 4.79 Å². The molecule has 1 amide bonds. The summed E-state index contributed by atoms with van der Waals surface area (Å²) in [6, 6.07) is 8.73. The zero-order valence-electron chi connectivity index (χ0n) is 14.0. The number of halogens is 1. The molecule has 2 rings (SSSR count). The van der Waals surface area contributed by atoms with Crippen LogP contribution in [0.3, 0.4) is 0 Å². The molecule has 130 valence electrons. The molecule has 1 aromatic heterocycles. The maximum absolute atomic E-state index is 12.3. The average Bonchev–Trinajstić information content (AvgIpc) is 3.07. The highest BCUT2D eigenvalue weighted by atomic mass is 35.5. The lowest BCUT2D eigenvalue weighted by Crippen LogP contribution is -2.35. The van der Waals surface area contributed by atoms with E-state index in [1.165, 1.54) is 4.68 Å². The Bertz CT molecular complexity index is 638. The van der Waals surface area contributed by atoms with Crippen LogP contribution < -0.4 is 10.1 Å². The van der Waals surface area contributed by atoms with E-state index < -0.39 is 0 Å². The van der Waals surface area contributed by atoms with Gasteiger partial charge in [-0.25, -0.2) is 4.68 Å². The van der Waals surface area contributed by atoms with E-state index in [1.807, 2.05) is 0 Å². The first-order valence-electron chi connectivity index (χ1n) is 8.04. The maximum Gasteiger partial charge on any atom is 0.269 e. The van der Waals surface area contributed by atoms with E-state index in [-0.39, 0.29) is 12.6 Å². The van der Waals surface area contributed by atoms with Crippen molar-refractivity contribution in [3.8, 4) is 5.75 Å². The van der Waals surface area contributed by atoms with Crippen LogP contribution in [0.25, 0.3) is 0 Å². The lowest BCUT2D eigenvalue weighted by Gasteiger charge is -2.18. The number of aromatic nitrogens is 2. The third kappa shape index (κ3) is 5.25. The van der Waals surface area contributed by atoms with Crippen molar-refractivity contribution in [2.75, 3.05) is 26.2 Å². The van der Waals surface area contributed by atoms with Crippen LogP contribution in [-0.4, -0.2) is 46.8 Å². The Balaban J connectivity index is 1.87. The minimum absolute atomic E-state index is 0.153. The molecule has 0 fully saturated rings. The fraction of sp³-hybridized carbons (Fsp3) is 0.412. The molecule has 0 aliphatic heterocycles. The van der Waals surface area contributed by atoms with E-state index in [0.29, 0.717) is 23.0 Å². The highest BCUT2D eigenvalue weighted by molar-refractivity contribution is 6.30. The van der Waals surface area contributed by atoms with Gasteiger partial charge in [-0.05, 0) is 43.4 Å². The Kier molecular flexibility index (Phi) is 7.08. The fourth-order valence-corrected chi connectivity index (χ4v) is 2.38. The standard InChI is InChI=1S/C17H23ClN4O2/c1-3-21(4-2)12-11-19-17(23)16-9-10-20-22(16)13-24-15-7-5-14(18)6-8-15/h5-10H,3-4,11-13H2,1-2H3,(H,19,23). The van der Waals surface area contributed by atoms with Gasteiger partial charge < -0.3 is 15.0 Å². The van der Waals surface area contributed by atoms with E-state index in [0.717, 1.165) is 19.6 Å². The Morgan fingerprint density at radius 2 is 1.96 bits per heavy atom. The number of hydrogen-bond acceptors (Lipinski definition) is 4. The molecule has 1 heterocycles. The van der Waals surface area contributed by atoms with Crippen molar-refractivity contribution in [1.82, 2.24) is 20.0 Å². The lowest BCUT2D eigenvalue weighted by molar-refractivity contribution is 0.0927. The van der Waals surface area contributed by atoms with E-state index >= 15 is 0 Å². The molecule has 0 radical (unpaired) electrons. The van der Waals surface area contributed by atoms with Crippen molar-refractivity contribution >= 4 is 17.5 Å². The largest absolute Gasteiger partial charge is 0.471 e. The monoisotopic (exact) mass is 350 g/mol. The van der Waals surface area contributed by atoms with Crippen molar-refractivity contribution < 1.29 is 9.53 Å². The number of amides is 1. The van der Waals surface area contributed by atoms with Gasteiger partial charge in [0.1, 0.15) is 11.4 Å². The second-order valence-corrected chi connectivity index (χ2v) is 5.66. The molecule has 0 aliphatic rings. The first-order valence-corrected chi connectivity index (χ1v) is 8.42. The lowest BCUT2D eigenvalue weighted by atomic mass is 10.3. The first-order chi connectivity index (χ1) is 11.6. The van der Waals surface area contributed by atoms with Gasteiger partial charge in [-0.1, -0.05) is 25.4 Å². The number of rotatable bonds is 9. The van der Waals surface area contributed by atoms with Gasteiger partial charge in [0.05, 0.1) is 0 Å². The molecule has 6 nitrogen and oxygen atoms in total. The van der Waals surface area contributed by atoms with Crippen LogP contribution in [0.5, 0.6) is 5.75 Å². The number of nitrogens with one attached hydrogen (secondary N) is 1. The molecule has 0 atom stereocenters. The van der Waals surface area contributed by atoms with Gasteiger partial charge in [0.25, 0.3) is 5.91 Å². The van der Waals surface area contributed by atoms with Crippen LogP contribution in [-0.2, 0) is 6.73 Å². The number of ether oxygens (including phenoxy) is 1. The number of benzene rings is 1. The first kappa shape index (κ1) is 18.3. The predicted octanol–water partition coefficient (Wildman–Crippen LogP) is 2.64. The van der Waals surface area contributed by atoms with Crippen LogP contribution in [0.15, 0.2) is 36.5 Å². The number of carbonyl (C=O) groups is 1. The summed E-state index contributed by atoms with van der Waals surface area (Å²) < 4.78 is 7.16. The summed E-state index contributed by atoms with van der Waals surface area (Å²) >= 11 is 5.84. The Morgan fingerprint density at radius 1 is 1.25 bits per heavy atom. The summed E-state index contributed by atoms with van der Waals surface area (Å²) in [5, 5.41) is 7.70. The van der Waals surface area contributed by atoms with Gasteiger partial charge in [0.2, 0.25) is 0 Å². The molecule has 2 aromatic rings. The Morgan fingerprint density at radius 3 is 2.62 bits per heavy atom. The molecule has 0 spiro atoms. The quantitative estimate of drug-likeness (QED) is 0.755. The van der Waals surface area contributed by atoms with Crippen molar-refractivity contribution in [1.29, 1.82) is 0 Å². The van der Waals surface area contributed by atoms with E-state index in [1.54, 1.807) is 36.5 Å². The number of likely N-dealkylation sites (N-methyl/N-ethyl adjacent to an activating group) is 1. The molecule has 0 saturated carbocycles. The zero-order chi connectivity index (χ0) is 17.4. The Hall–Kier alpha value is -2.05. The number of hydrogen-bond donors (Lipinski definition) is 1. The summed E-state index contributed by atoms with van der Waals surface area (Å²) in [5.74, 6) is 0.516. The summed E-state index contributed by atoms with van der Waals surface area (Å²) in [5.41, 5.74) is 0.475. The SMILES string of the molecule is CCN(CC)CCNC(=O)c1ccnn1COc1ccc(Cl)cc1. The van der Waals surface area contributed by atoms with E-state index in [4.69, 9.17) is 16.3 Å². The minimum Gasteiger partial charge on any atom is -0.471 e. The van der Waals surface area contributed by atoms with Crippen molar-refractivity contribution in [3.05, 3.63) is 47.2 Å². The molecule has 0 bridgehead atoms. The molecular weight excluding hydrogens is 328 g/mol. The van der Waals surface area contributed by atoms with Crippen molar-refractivity contribution in [3.63, 3.8) is 0 Å². The van der Waals surface area contributed by atoms with Gasteiger partial charge >= 0.3 is 0 Å². The molecule has 1 aromatic carbocycles.